The van der Waals surface area contributed by atoms with Gasteiger partial charge in [-0.25, -0.2) is 9.59 Å². The molecular formula is C13H17N3O10PS+. The van der Waals surface area contributed by atoms with E-state index in [2.05, 4.69) is 12.2 Å². The molecule has 0 spiro atoms. The van der Waals surface area contributed by atoms with Crippen LogP contribution in [0.3, 0.4) is 0 Å². The quantitative estimate of drug-likeness (QED) is 0.224. The maximum absolute atomic E-state index is 12.5. The maximum Gasteiger partial charge on any atom is 0.582 e. The van der Waals surface area contributed by atoms with Gasteiger partial charge in [-0.3, -0.25) is 19.1 Å². The SMILES string of the molecule is COC1C(O[P+](=O)S)[C@@H](C(=O)N[C@H](CO)C(=O)O)O[C@H]1n1ccc(=O)[nH]c1=O. The van der Waals surface area contributed by atoms with Crippen LogP contribution in [0.25, 0.3) is 0 Å². The number of carboxylic acids is 1. The summed E-state index contributed by atoms with van der Waals surface area (Å²) in [5.74, 6) is -2.51. The van der Waals surface area contributed by atoms with Crippen molar-refractivity contribution >= 4 is 31.4 Å². The number of hydrogen-bond donors (Lipinski definition) is 5. The Bertz CT molecular complexity index is 873. The molecular weight excluding hydrogens is 421 g/mol. The van der Waals surface area contributed by atoms with Gasteiger partial charge in [-0.15, -0.1) is 4.52 Å². The van der Waals surface area contributed by atoms with Gasteiger partial charge in [0.05, 0.1) is 6.61 Å². The van der Waals surface area contributed by atoms with Gasteiger partial charge in [-0.1, -0.05) is 0 Å². The molecule has 1 saturated heterocycles. The van der Waals surface area contributed by atoms with Gasteiger partial charge in [0, 0.05) is 19.4 Å². The molecule has 0 saturated carbocycles. The van der Waals surface area contributed by atoms with E-state index in [0.29, 0.717) is 0 Å². The third kappa shape index (κ3) is 4.84. The largest absolute Gasteiger partial charge is 0.582 e. The molecule has 28 heavy (non-hydrogen) atoms. The molecule has 2 rings (SSSR count). The fourth-order valence-corrected chi connectivity index (χ4v) is 3.38. The van der Waals surface area contributed by atoms with Crippen LogP contribution in [0.2, 0.25) is 0 Å². The van der Waals surface area contributed by atoms with E-state index < -0.39 is 67.5 Å². The lowest BCUT2D eigenvalue weighted by Crippen LogP contribution is -2.50. The average molecular weight is 438 g/mol. The summed E-state index contributed by atoms with van der Waals surface area (Å²) in [6.07, 6.45) is -4.24. The first-order valence-corrected chi connectivity index (χ1v) is 9.99. The third-order valence-corrected chi connectivity index (χ3v) is 4.56. The van der Waals surface area contributed by atoms with Crippen LogP contribution in [-0.4, -0.2) is 69.7 Å². The number of aromatic nitrogens is 2. The van der Waals surface area contributed by atoms with Crippen LogP contribution in [-0.2, 0) is 28.2 Å². The Kier molecular flexibility index (Phi) is 7.46. The van der Waals surface area contributed by atoms with Crippen LogP contribution < -0.4 is 16.6 Å². The van der Waals surface area contributed by atoms with Crippen molar-refractivity contribution in [3.8, 4) is 0 Å². The molecule has 13 nitrogen and oxygen atoms in total. The van der Waals surface area contributed by atoms with Crippen molar-refractivity contribution in [3.05, 3.63) is 33.1 Å². The number of aliphatic carboxylic acids is 1. The Labute approximate surface area is 162 Å². The van der Waals surface area contributed by atoms with Gasteiger partial charge >= 0.3 is 18.9 Å². The highest BCUT2D eigenvalue weighted by atomic mass is 32.7. The van der Waals surface area contributed by atoms with Crippen LogP contribution in [0.5, 0.6) is 0 Å². The summed E-state index contributed by atoms with van der Waals surface area (Å²) in [5.41, 5.74) is -1.53. The summed E-state index contributed by atoms with van der Waals surface area (Å²) in [7, 11) is -1.32. The first kappa shape index (κ1) is 22.2. The number of methoxy groups -OCH3 is 1. The van der Waals surface area contributed by atoms with Crippen molar-refractivity contribution in [2.45, 2.75) is 30.6 Å². The van der Waals surface area contributed by atoms with Crippen LogP contribution >= 0.6 is 19.5 Å². The average Bonchev–Trinajstić information content (AvgIpc) is 2.96. The van der Waals surface area contributed by atoms with Crippen molar-refractivity contribution in [3.63, 3.8) is 0 Å². The fourth-order valence-electron chi connectivity index (χ4n) is 2.61. The topological polar surface area (TPSA) is 186 Å². The number of ether oxygens (including phenoxy) is 2. The third-order valence-electron chi connectivity index (χ3n) is 3.85. The lowest BCUT2D eigenvalue weighted by Gasteiger charge is -2.19. The van der Waals surface area contributed by atoms with Crippen molar-refractivity contribution < 1.29 is 38.4 Å². The zero-order chi connectivity index (χ0) is 21.0. The van der Waals surface area contributed by atoms with Gasteiger partial charge in [0.25, 0.3) is 11.5 Å². The van der Waals surface area contributed by atoms with E-state index in [0.717, 1.165) is 16.8 Å². The molecule has 1 aliphatic rings. The number of carboxylic acid groups (broad SMARTS) is 1. The predicted octanol–water partition coefficient (Wildman–Crippen LogP) is -2.02. The second-order valence-corrected chi connectivity index (χ2v) is 7.22. The minimum Gasteiger partial charge on any atom is -0.480 e. The zero-order valence-electron chi connectivity index (χ0n) is 14.3. The number of nitrogens with zero attached hydrogens (tertiary/aromatic N) is 1. The van der Waals surface area contributed by atoms with Crippen LogP contribution in [0.15, 0.2) is 21.9 Å². The fraction of sp³-hybridized carbons (Fsp3) is 0.538. The van der Waals surface area contributed by atoms with E-state index in [1.54, 1.807) is 0 Å². The molecule has 1 aromatic rings. The molecule has 0 aromatic carbocycles. The van der Waals surface area contributed by atoms with Gasteiger partial charge in [0.1, 0.15) is 24.4 Å². The number of thiol groups is 1. The number of aliphatic hydroxyl groups excluding tert-OH is 1. The van der Waals surface area contributed by atoms with Gasteiger partial charge in [0.2, 0.25) is 0 Å². The summed E-state index contributed by atoms with van der Waals surface area (Å²) >= 11 is 3.63. The molecule has 0 radical (unpaired) electrons. The number of carbonyl (C=O) groups is 2. The van der Waals surface area contributed by atoms with Crippen molar-refractivity contribution in [1.82, 2.24) is 14.9 Å². The molecule has 4 N–H and O–H groups in total. The summed E-state index contributed by atoms with van der Waals surface area (Å²) in [5, 5.41) is 20.1. The van der Waals surface area contributed by atoms with E-state index in [1.807, 2.05) is 10.3 Å². The molecule has 1 aliphatic heterocycles. The Morgan fingerprint density at radius 1 is 1.46 bits per heavy atom. The smallest absolute Gasteiger partial charge is 0.480 e. The Morgan fingerprint density at radius 3 is 2.64 bits per heavy atom. The van der Waals surface area contributed by atoms with E-state index in [1.165, 1.54) is 7.11 Å². The highest BCUT2D eigenvalue weighted by Crippen LogP contribution is 2.40. The van der Waals surface area contributed by atoms with E-state index in [9.17, 15) is 23.7 Å². The second kappa shape index (κ2) is 9.41. The van der Waals surface area contributed by atoms with E-state index in [-0.39, 0.29) is 0 Å². The lowest BCUT2D eigenvalue weighted by molar-refractivity contribution is -0.147. The highest BCUT2D eigenvalue weighted by Gasteiger charge is 2.54. The van der Waals surface area contributed by atoms with Crippen molar-refractivity contribution in [1.29, 1.82) is 0 Å². The van der Waals surface area contributed by atoms with E-state index in [4.69, 9.17) is 24.2 Å². The predicted molar refractivity (Wildman–Crippen MR) is 94.1 cm³/mol. The van der Waals surface area contributed by atoms with Gasteiger partial charge in [0.15, 0.2) is 18.4 Å². The van der Waals surface area contributed by atoms with Crippen molar-refractivity contribution in [2.75, 3.05) is 13.7 Å². The molecule has 3 unspecified atom stereocenters. The minimum absolute atomic E-state index is 0.666. The molecule has 0 bridgehead atoms. The van der Waals surface area contributed by atoms with E-state index >= 15 is 0 Å². The Hall–Kier alpha value is -2.09. The molecule has 15 heteroatoms. The zero-order valence-corrected chi connectivity index (χ0v) is 16.0. The summed E-state index contributed by atoms with van der Waals surface area (Å²) in [6.45, 7) is -0.892. The molecule has 1 amide bonds. The molecule has 2 heterocycles. The normalized spacial score (nSPS) is 25.9. The monoisotopic (exact) mass is 438 g/mol. The first-order chi connectivity index (χ1) is 13.2. The van der Waals surface area contributed by atoms with Gasteiger partial charge in [-0.05, 0) is 4.57 Å². The number of carbonyl (C=O) groups excluding carboxylic acids is 1. The lowest BCUT2D eigenvalue weighted by atomic mass is 10.1. The minimum atomic E-state index is -2.54. The van der Waals surface area contributed by atoms with Gasteiger partial charge in [-0.2, -0.15) is 0 Å². The standard InChI is InChI=1S/C13H16N3O10PS/c1-24-9-7(26-27(23)28)8(10(19)14-5(4-17)12(20)21)25-11(9)16-3-2-6(18)15-13(16)22/h2-3,5,7-9,11,17H,4H2,1H3,(H3-,14,15,18,19,20,21,22,23,28)/p+1/t5-,7?,8+,9?,11-/m1/s1. The molecule has 154 valence electrons. The van der Waals surface area contributed by atoms with Gasteiger partial charge < -0.3 is 25.0 Å². The molecule has 6 atom stereocenters. The molecule has 1 aromatic heterocycles. The number of aromatic amines is 1. The molecule has 0 aliphatic carbocycles. The number of H-pyrrole nitrogens is 1. The van der Waals surface area contributed by atoms with Crippen LogP contribution in [0, 0.1) is 0 Å². The van der Waals surface area contributed by atoms with Crippen LogP contribution in [0.4, 0.5) is 0 Å². The van der Waals surface area contributed by atoms with Crippen molar-refractivity contribution in [2.24, 2.45) is 0 Å². The second-order valence-electron chi connectivity index (χ2n) is 5.55. The Morgan fingerprint density at radius 2 is 2.14 bits per heavy atom. The number of hydrogen-bond acceptors (Lipinski definition) is 9. The summed E-state index contributed by atoms with van der Waals surface area (Å²) < 4.78 is 28.2. The first-order valence-electron chi connectivity index (χ1n) is 7.66. The van der Waals surface area contributed by atoms with Crippen LogP contribution in [0.1, 0.15) is 6.23 Å². The molecule has 1 fully saturated rings. The number of nitrogens with one attached hydrogen (secondary N) is 2. The summed E-state index contributed by atoms with van der Waals surface area (Å²) in [4.78, 5) is 48.8. The summed E-state index contributed by atoms with van der Waals surface area (Å²) in [6, 6.07) is -0.594. The number of rotatable bonds is 8. The highest BCUT2D eigenvalue weighted by molar-refractivity contribution is 8.39. The Balaban J connectivity index is 2.39. The number of aliphatic hydroxyl groups is 1. The maximum atomic E-state index is 12.5. The number of amides is 1.